The highest BCUT2D eigenvalue weighted by Crippen LogP contribution is 2.22. The van der Waals surface area contributed by atoms with E-state index >= 15 is 0 Å². The quantitative estimate of drug-likeness (QED) is 0.559. The highest BCUT2D eigenvalue weighted by atomic mass is 35.5. The van der Waals surface area contributed by atoms with Gasteiger partial charge in [-0.1, -0.05) is 60.1 Å². The molecule has 0 saturated carbocycles. The van der Waals surface area contributed by atoms with E-state index in [1.165, 1.54) is 11.6 Å². The highest BCUT2D eigenvalue weighted by molar-refractivity contribution is 6.31. The smallest absolute Gasteiger partial charge is 0.131 e. The van der Waals surface area contributed by atoms with Crippen molar-refractivity contribution in [1.82, 2.24) is 5.32 Å². The molecular weight excluding hydrogens is 349 g/mol. The van der Waals surface area contributed by atoms with Crippen LogP contribution in [0.5, 0.6) is 5.75 Å². The van der Waals surface area contributed by atoms with Gasteiger partial charge in [0.05, 0.1) is 5.02 Å². The van der Waals surface area contributed by atoms with Gasteiger partial charge in [-0.05, 0) is 42.3 Å². The van der Waals surface area contributed by atoms with E-state index in [1.54, 1.807) is 12.1 Å². The van der Waals surface area contributed by atoms with Crippen LogP contribution in [0.3, 0.4) is 0 Å². The summed E-state index contributed by atoms with van der Waals surface area (Å²) in [6.07, 6.45) is 0. The van der Waals surface area contributed by atoms with Crippen LogP contribution in [0, 0.1) is 5.82 Å². The van der Waals surface area contributed by atoms with Crippen molar-refractivity contribution in [1.29, 1.82) is 0 Å². The monoisotopic (exact) mass is 369 g/mol. The summed E-state index contributed by atoms with van der Waals surface area (Å²) < 4.78 is 19.6. The first kappa shape index (κ1) is 18.4. The summed E-state index contributed by atoms with van der Waals surface area (Å²) in [6, 6.07) is 23.0. The maximum atomic E-state index is 13.8. The lowest BCUT2D eigenvalue weighted by molar-refractivity contribution is 0.299. The van der Waals surface area contributed by atoms with Gasteiger partial charge in [-0.25, -0.2) is 4.39 Å². The van der Waals surface area contributed by atoms with Gasteiger partial charge in [0.2, 0.25) is 0 Å². The fraction of sp³-hybridized carbons (Fsp3) is 0.182. The van der Waals surface area contributed by atoms with E-state index in [0.717, 1.165) is 5.56 Å². The van der Waals surface area contributed by atoms with Crippen LogP contribution in [0.15, 0.2) is 72.8 Å². The van der Waals surface area contributed by atoms with Gasteiger partial charge in [-0.3, -0.25) is 0 Å². The molecule has 4 heteroatoms. The minimum absolute atomic E-state index is 0.100. The van der Waals surface area contributed by atoms with E-state index in [1.807, 2.05) is 42.5 Å². The van der Waals surface area contributed by atoms with Crippen molar-refractivity contribution in [2.75, 3.05) is 0 Å². The summed E-state index contributed by atoms with van der Waals surface area (Å²) in [7, 11) is 0. The Morgan fingerprint density at radius 3 is 2.54 bits per heavy atom. The SMILES string of the molecule is C[C@H](NCc1cccc(OCc2c(F)cccc2Cl)c1)c1ccccc1. The molecule has 0 aliphatic rings. The second-order valence-electron chi connectivity index (χ2n) is 6.15. The normalized spacial score (nSPS) is 12.0. The Morgan fingerprint density at radius 2 is 1.77 bits per heavy atom. The topological polar surface area (TPSA) is 21.3 Å². The Bertz CT molecular complexity index is 834. The molecule has 0 unspecified atom stereocenters. The molecule has 0 radical (unpaired) electrons. The third-order valence-corrected chi connectivity index (χ3v) is 4.61. The molecule has 2 nitrogen and oxygen atoms in total. The zero-order valence-corrected chi connectivity index (χ0v) is 15.3. The maximum absolute atomic E-state index is 13.8. The van der Waals surface area contributed by atoms with Crippen LogP contribution in [0.25, 0.3) is 0 Å². The molecule has 0 aliphatic carbocycles. The average Bonchev–Trinajstić information content (AvgIpc) is 2.67. The lowest BCUT2D eigenvalue weighted by Crippen LogP contribution is -2.17. The molecule has 0 spiro atoms. The second-order valence-corrected chi connectivity index (χ2v) is 6.56. The third-order valence-electron chi connectivity index (χ3n) is 4.26. The van der Waals surface area contributed by atoms with E-state index in [0.29, 0.717) is 22.9 Å². The first-order chi connectivity index (χ1) is 12.6. The highest BCUT2D eigenvalue weighted by Gasteiger charge is 2.08. The molecule has 0 fully saturated rings. The molecule has 0 amide bonds. The summed E-state index contributed by atoms with van der Waals surface area (Å²) in [5.41, 5.74) is 2.72. The Labute approximate surface area is 158 Å². The molecule has 3 rings (SSSR count). The zero-order chi connectivity index (χ0) is 18.4. The van der Waals surface area contributed by atoms with E-state index in [9.17, 15) is 4.39 Å². The number of hydrogen-bond acceptors (Lipinski definition) is 2. The van der Waals surface area contributed by atoms with Gasteiger partial charge in [-0.2, -0.15) is 0 Å². The third kappa shape index (κ3) is 4.84. The lowest BCUT2D eigenvalue weighted by atomic mass is 10.1. The predicted molar refractivity (Wildman–Crippen MR) is 104 cm³/mol. The Balaban J connectivity index is 1.60. The largest absolute Gasteiger partial charge is 0.489 e. The summed E-state index contributed by atoms with van der Waals surface area (Å²) in [6.45, 7) is 2.95. The molecule has 1 N–H and O–H groups in total. The average molecular weight is 370 g/mol. The maximum Gasteiger partial charge on any atom is 0.131 e. The molecule has 3 aromatic carbocycles. The molecule has 0 aromatic heterocycles. The summed E-state index contributed by atoms with van der Waals surface area (Å²) in [5, 5.41) is 3.87. The van der Waals surface area contributed by atoms with Gasteiger partial charge in [0.25, 0.3) is 0 Å². The van der Waals surface area contributed by atoms with E-state index in [4.69, 9.17) is 16.3 Å². The Morgan fingerprint density at radius 1 is 1.00 bits per heavy atom. The van der Waals surface area contributed by atoms with Crippen molar-refractivity contribution in [2.24, 2.45) is 0 Å². The lowest BCUT2D eigenvalue weighted by Gasteiger charge is -2.15. The van der Waals surface area contributed by atoms with Crippen LogP contribution < -0.4 is 10.1 Å². The molecular formula is C22H21ClFNO. The van der Waals surface area contributed by atoms with E-state index < -0.39 is 0 Å². The molecule has 26 heavy (non-hydrogen) atoms. The fourth-order valence-corrected chi connectivity index (χ4v) is 2.92. The van der Waals surface area contributed by atoms with Crippen LogP contribution in [0.2, 0.25) is 5.02 Å². The summed E-state index contributed by atoms with van der Waals surface area (Å²) in [5.74, 6) is 0.336. The van der Waals surface area contributed by atoms with Crippen LogP contribution in [0.1, 0.15) is 29.7 Å². The van der Waals surface area contributed by atoms with Crippen LogP contribution in [-0.4, -0.2) is 0 Å². The minimum atomic E-state index is -0.355. The summed E-state index contributed by atoms with van der Waals surface area (Å²) in [4.78, 5) is 0. The molecule has 0 heterocycles. The second kappa shape index (κ2) is 8.84. The van der Waals surface area contributed by atoms with Gasteiger partial charge in [0.1, 0.15) is 18.2 Å². The summed E-state index contributed by atoms with van der Waals surface area (Å²) >= 11 is 6.04. The van der Waals surface area contributed by atoms with Crippen molar-refractivity contribution in [2.45, 2.75) is 26.1 Å². The van der Waals surface area contributed by atoms with Crippen molar-refractivity contribution in [3.05, 3.63) is 100 Å². The van der Waals surface area contributed by atoms with Gasteiger partial charge in [0, 0.05) is 18.2 Å². The number of halogens is 2. The standard InChI is InChI=1S/C22H21ClFNO/c1-16(18-8-3-2-4-9-18)25-14-17-7-5-10-19(13-17)26-15-20-21(23)11-6-12-22(20)24/h2-13,16,25H,14-15H2,1H3/t16-/m0/s1. The first-order valence-electron chi connectivity index (χ1n) is 8.56. The van der Waals surface area contributed by atoms with Gasteiger partial charge >= 0.3 is 0 Å². The molecule has 3 aromatic rings. The number of benzene rings is 3. The molecule has 0 saturated heterocycles. The van der Waals surface area contributed by atoms with E-state index in [-0.39, 0.29) is 18.5 Å². The fourth-order valence-electron chi connectivity index (χ4n) is 2.70. The Hall–Kier alpha value is -2.36. The minimum Gasteiger partial charge on any atom is -0.489 e. The van der Waals surface area contributed by atoms with Gasteiger partial charge < -0.3 is 10.1 Å². The van der Waals surface area contributed by atoms with Crippen molar-refractivity contribution < 1.29 is 9.13 Å². The molecule has 1 atom stereocenters. The Kier molecular flexibility index (Phi) is 6.26. The van der Waals surface area contributed by atoms with Gasteiger partial charge in [-0.15, -0.1) is 0 Å². The molecule has 0 bridgehead atoms. The predicted octanol–water partition coefficient (Wildman–Crippen LogP) is 5.91. The first-order valence-corrected chi connectivity index (χ1v) is 8.94. The van der Waals surface area contributed by atoms with Crippen LogP contribution in [-0.2, 0) is 13.2 Å². The van der Waals surface area contributed by atoms with Crippen molar-refractivity contribution >= 4 is 11.6 Å². The number of rotatable bonds is 7. The number of hydrogen-bond donors (Lipinski definition) is 1. The van der Waals surface area contributed by atoms with Crippen LogP contribution >= 0.6 is 11.6 Å². The molecule has 0 aliphatic heterocycles. The van der Waals surface area contributed by atoms with Gasteiger partial charge in [0.15, 0.2) is 0 Å². The number of nitrogens with one attached hydrogen (secondary N) is 1. The van der Waals surface area contributed by atoms with Crippen molar-refractivity contribution in [3.8, 4) is 5.75 Å². The van der Waals surface area contributed by atoms with Crippen LogP contribution in [0.4, 0.5) is 4.39 Å². The zero-order valence-electron chi connectivity index (χ0n) is 14.6. The van der Waals surface area contributed by atoms with E-state index in [2.05, 4.69) is 24.4 Å². The van der Waals surface area contributed by atoms with Crippen molar-refractivity contribution in [3.63, 3.8) is 0 Å². The molecule has 134 valence electrons. The number of ether oxygens (including phenoxy) is 1.